The van der Waals surface area contributed by atoms with Crippen LogP contribution in [0.4, 0.5) is 0 Å². The van der Waals surface area contributed by atoms with Crippen molar-refractivity contribution in [1.29, 1.82) is 0 Å². The highest BCUT2D eigenvalue weighted by Gasteiger charge is 1.96. The first kappa shape index (κ1) is 15.2. The van der Waals surface area contributed by atoms with Gasteiger partial charge in [0, 0.05) is 6.54 Å². The Morgan fingerprint density at radius 1 is 1.19 bits per heavy atom. The Morgan fingerprint density at radius 2 is 1.88 bits per heavy atom. The summed E-state index contributed by atoms with van der Waals surface area (Å²) in [4.78, 5) is 2.40. The second-order valence-electron chi connectivity index (χ2n) is 4.42. The summed E-state index contributed by atoms with van der Waals surface area (Å²) < 4.78 is 0. The fraction of sp³-hybridized carbons (Fsp3) is 0.600. The third-order valence-corrected chi connectivity index (χ3v) is 2.84. The van der Waals surface area contributed by atoms with Crippen LogP contribution in [0, 0.1) is 0 Å². The van der Waals surface area contributed by atoms with E-state index in [2.05, 4.69) is 51.4 Å². The van der Waals surface area contributed by atoms with Gasteiger partial charge < -0.3 is 4.90 Å². The molecule has 0 unspecified atom stereocenters. The lowest BCUT2D eigenvalue weighted by Crippen LogP contribution is -2.20. The lowest BCUT2D eigenvalue weighted by Gasteiger charge is -2.14. The minimum Gasteiger partial charge on any atom is -0.306 e. The van der Waals surface area contributed by atoms with Gasteiger partial charge in [0.25, 0.3) is 0 Å². The van der Waals surface area contributed by atoms with Gasteiger partial charge in [0.2, 0.25) is 0 Å². The van der Waals surface area contributed by atoms with E-state index in [0.717, 1.165) is 13.0 Å². The number of allylic oxidation sites excluding steroid dienone is 4. The molecule has 0 aromatic heterocycles. The number of rotatable bonds is 8. The molecule has 1 heteroatoms. The predicted molar refractivity (Wildman–Crippen MR) is 74.7 cm³/mol. The summed E-state index contributed by atoms with van der Waals surface area (Å²) in [5, 5.41) is 0. The summed E-state index contributed by atoms with van der Waals surface area (Å²) in [6.45, 7) is 12.6. The molecule has 0 atom stereocenters. The van der Waals surface area contributed by atoms with Crippen LogP contribution in [0.15, 0.2) is 36.0 Å². The van der Waals surface area contributed by atoms with Crippen molar-refractivity contribution >= 4 is 0 Å². The molecule has 0 bridgehead atoms. The topological polar surface area (TPSA) is 3.24 Å². The number of unbranched alkanes of at least 4 members (excludes halogenated alkanes) is 1. The molecule has 0 N–H and O–H groups in total. The normalized spacial score (nSPS) is 13.3. The predicted octanol–water partition coefficient (Wildman–Crippen LogP) is 4.19. The molecule has 16 heavy (non-hydrogen) atoms. The van der Waals surface area contributed by atoms with Gasteiger partial charge >= 0.3 is 0 Å². The molecule has 0 saturated carbocycles. The molecule has 0 fully saturated rings. The largest absolute Gasteiger partial charge is 0.306 e. The van der Waals surface area contributed by atoms with Crippen LogP contribution < -0.4 is 0 Å². The average molecular weight is 221 g/mol. The van der Waals surface area contributed by atoms with E-state index in [4.69, 9.17) is 0 Å². The molecule has 0 amide bonds. The highest BCUT2D eigenvalue weighted by atomic mass is 15.1. The van der Waals surface area contributed by atoms with Crippen LogP contribution in [0.25, 0.3) is 0 Å². The summed E-state index contributed by atoms with van der Waals surface area (Å²) in [7, 11) is 2.20. The first-order valence-electron chi connectivity index (χ1n) is 6.26. The summed E-state index contributed by atoms with van der Waals surface area (Å²) in [6, 6.07) is 0. The van der Waals surface area contributed by atoms with Gasteiger partial charge in [-0.05, 0) is 45.9 Å². The molecule has 0 aromatic rings. The molecule has 0 spiro atoms. The van der Waals surface area contributed by atoms with E-state index in [0.29, 0.717) is 0 Å². The van der Waals surface area contributed by atoms with E-state index in [1.807, 2.05) is 6.08 Å². The molecule has 0 radical (unpaired) electrons. The van der Waals surface area contributed by atoms with Gasteiger partial charge in [-0.3, -0.25) is 0 Å². The van der Waals surface area contributed by atoms with Crippen molar-refractivity contribution in [2.75, 3.05) is 20.1 Å². The van der Waals surface area contributed by atoms with Gasteiger partial charge in [-0.25, -0.2) is 0 Å². The van der Waals surface area contributed by atoms with Crippen LogP contribution in [0.3, 0.4) is 0 Å². The zero-order valence-electron chi connectivity index (χ0n) is 11.4. The van der Waals surface area contributed by atoms with Gasteiger partial charge in [-0.1, -0.05) is 43.7 Å². The van der Waals surface area contributed by atoms with Crippen molar-refractivity contribution in [2.45, 2.75) is 40.0 Å². The van der Waals surface area contributed by atoms with Gasteiger partial charge in [0.15, 0.2) is 0 Å². The van der Waals surface area contributed by atoms with Gasteiger partial charge in [-0.2, -0.15) is 0 Å². The maximum Gasteiger partial charge on any atom is 0.00131 e. The smallest absolute Gasteiger partial charge is 0.00131 e. The lowest BCUT2D eigenvalue weighted by atomic mass is 10.1. The Balaban J connectivity index is 3.90. The van der Waals surface area contributed by atoms with E-state index in [-0.39, 0.29) is 0 Å². The van der Waals surface area contributed by atoms with Crippen molar-refractivity contribution < 1.29 is 0 Å². The molecule has 0 rings (SSSR count). The Bertz CT molecular complexity index is 248. The zero-order valence-corrected chi connectivity index (χ0v) is 11.4. The van der Waals surface area contributed by atoms with Crippen LogP contribution >= 0.6 is 0 Å². The van der Waals surface area contributed by atoms with Crippen LogP contribution in [0.2, 0.25) is 0 Å². The second-order valence-corrected chi connectivity index (χ2v) is 4.42. The highest BCUT2D eigenvalue weighted by Crippen LogP contribution is 2.09. The lowest BCUT2D eigenvalue weighted by molar-refractivity contribution is 0.334. The first-order chi connectivity index (χ1) is 7.61. The second kappa shape index (κ2) is 9.41. The van der Waals surface area contributed by atoms with Crippen LogP contribution in [-0.4, -0.2) is 25.0 Å². The minimum atomic E-state index is 1.13. The summed E-state index contributed by atoms with van der Waals surface area (Å²) in [5.74, 6) is 0. The fourth-order valence-electron chi connectivity index (χ4n) is 1.51. The fourth-order valence-corrected chi connectivity index (χ4v) is 1.51. The molecule has 0 aliphatic heterocycles. The Kier molecular flexibility index (Phi) is 8.93. The molecule has 0 aliphatic rings. The van der Waals surface area contributed by atoms with E-state index >= 15 is 0 Å². The van der Waals surface area contributed by atoms with E-state index in [9.17, 15) is 0 Å². The zero-order chi connectivity index (χ0) is 12.4. The van der Waals surface area contributed by atoms with E-state index < -0.39 is 0 Å². The van der Waals surface area contributed by atoms with Crippen LogP contribution in [0.1, 0.15) is 40.0 Å². The van der Waals surface area contributed by atoms with Crippen molar-refractivity contribution in [3.63, 3.8) is 0 Å². The number of hydrogen-bond acceptors (Lipinski definition) is 1. The first-order valence-corrected chi connectivity index (χ1v) is 6.26. The molecule has 0 heterocycles. The number of hydrogen-bond donors (Lipinski definition) is 0. The average Bonchev–Trinajstić information content (AvgIpc) is 2.26. The van der Waals surface area contributed by atoms with Crippen molar-refractivity contribution in [3.05, 3.63) is 36.0 Å². The Morgan fingerprint density at radius 3 is 2.44 bits per heavy atom. The molecule has 0 aromatic carbocycles. The van der Waals surface area contributed by atoms with Crippen LogP contribution in [0.5, 0.6) is 0 Å². The van der Waals surface area contributed by atoms with Crippen molar-refractivity contribution in [1.82, 2.24) is 4.90 Å². The molecular formula is C15H27N. The molecule has 0 aliphatic carbocycles. The molecule has 1 nitrogen and oxygen atoms in total. The van der Waals surface area contributed by atoms with Crippen molar-refractivity contribution in [3.8, 4) is 0 Å². The molecular weight excluding hydrogens is 194 g/mol. The van der Waals surface area contributed by atoms with Gasteiger partial charge in [-0.15, -0.1) is 0 Å². The number of nitrogens with zero attached hydrogens (tertiary/aromatic N) is 1. The minimum absolute atomic E-state index is 1.13. The third-order valence-electron chi connectivity index (χ3n) is 2.84. The maximum atomic E-state index is 3.71. The Hall–Kier alpha value is -0.820. The van der Waals surface area contributed by atoms with E-state index in [1.165, 1.54) is 30.5 Å². The van der Waals surface area contributed by atoms with Crippen molar-refractivity contribution in [2.24, 2.45) is 0 Å². The summed E-state index contributed by atoms with van der Waals surface area (Å²) in [5.41, 5.74) is 2.68. The summed E-state index contributed by atoms with van der Waals surface area (Å²) in [6.07, 6.45) is 9.94. The standard InChI is InChI=1S/C15H27N/c1-6-8-12-16(5)13-9-11-15(4)14(3)10-7-2/h7,10-11H,2,6,8-9,12-13H2,1,3-5H3/b14-10-,15-11?. The van der Waals surface area contributed by atoms with Gasteiger partial charge in [0.1, 0.15) is 0 Å². The third kappa shape index (κ3) is 7.47. The van der Waals surface area contributed by atoms with Gasteiger partial charge in [0.05, 0.1) is 0 Å². The SMILES string of the molecule is C=C/C=C(/C)C(C)=CCCN(C)CCCC. The maximum absolute atomic E-state index is 3.71. The highest BCUT2D eigenvalue weighted by molar-refractivity contribution is 5.29. The van der Waals surface area contributed by atoms with Crippen LogP contribution in [-0.2, 0) is 0 Å². The molecule has 0 saturated heterocycles. The Labute approximate surface area is 102 Å². The summed E-state index contributed by atoms with van der Waals surface area (Å²) >= 11 is 0. The monoisotopic (exact) mass is 221 g/mol. The van der Waals surface area contributed by atoms with E-state index in [1.54, 1.807) is 0 Å². The quantitative estimate of drug-likeness (QED) is 0.556. The molecule has 92 valence electrons.